The summed E-state index contributed by atoms with van der Waals surface area (Å²) in [7, 11) is 4.19. The fourth-order valence-corrected chi connectivity index (χ4v) is 2.37. The molecular weight excluding hydrogens is 234 g/mol. The highest BCUT2D eigenvalue weighted by atomic mass is 15.1. The van der Waals surface area contributed by atoms with E-state index in [0.29, 0.717) is 12.5 Å². The van der Waals surface area contributed by atoms with E-state index in [1.54, 1.807) is 0 Å². The minimum absolute atomic E-state index is 0.438. The highest BCUT2D eigenvalue weighted by molar-refractivity contribution is 5.26. The van der Waals surface area contributed by atoms with Gasteiger partial charge in [0.1, 0.15) is 0 Å². The normalized spacial score (nSPS) is 13.2. The predicted octanol–water partition coefficient (Wildman–Crippen LogP) is 2.13. The SMILES string of the molecule is CCN(CC)CC(CN)c1ccc(CN(C)C)cc1. The zero-order valence-electron chi connectivity index (χ0n) is 12.9. The molecule has 3 heteroatoms. The Hall–Kier alpha value is -0.900. The largest absolute Gasteiger partial charge is 0.330 e. The van der Waals surface area contributed by atoms with Crippen molar-refractivity contribution in [3.63, 3.8) is 0 Å². The summed E-state index contributed by atoms with van der Waals surface area (Å²) in [4.78, 5) is 4.62. The summed E-state index contributed by atoms with van der Waals surface area (Å²) in [5.41, 5.74) is 8.66. The Morgan fingerprint density at radius 3 is 2.05 bits per heavy atom. The van der Waals surface area contributed by atoms with E-state index in [1.165, 1.54) is 11.1 Å². The summed E-state index contributed by atoms with van der Waals surface area (Å²) < 4.78 is 0. The van der Waals surface area contributed by atoms with Crippen molar-refractivity contribution in [2.45, 2.75) is 26.3 Å². The van der Waals surface area contributed by atoms with Gasteiger partial charge in [0.2, 0.25) is 0 Å². The minimum atomic E-state index is 0.438. The molecule has 0 aliphatic heterocycles. The molecule has 0 aliphatic carbocycles. The van der Waals surface area contributed by atoms with Gasteiger partial charge in [-0.2, -0.15) is 0 Å². The molecule has 0 bridgehead atoms. The summed E-state index contributed by atoms with van der Waals surface area (Å²) in [6.07, 6.45) is 0. The van der Waals surface area contributed by atoms with Crippen LogP contribution in [0.2, 0.25) is 0 Å². The summed E-state index contributed by atoms with van der Waals surface area (Å²) in [5.74, 6) is 0.438. The molecule has 1 atom stereocenters. The molecule has 0 fully saturated rings. The van der Waals surface area contributed by atoms with Crippen LogP contribution in [0.4, 0.5) is 0 Å². The van der Waals surface area contributed by atoms with Crippen LogP contribution < -0.4 is 5.73 Å². The number of rotatable bonds is 8. The lowest BCUT2D eigenvalue weighted by Gasteiger charge is -2.25. The molecular formula is C16H29N3. The Bertz CT molecular complexity index is 342. The van der Waals surface area contributed by atoms with E-state index in [1.807, 2.05) is 0 Å². The van der Waals surface area contributed by atoms with Gasteiger partial charge in [0.25, 0.3) is 0 Å². The second-order valence-electron chi connectivity index (χ2n) is 5.40. The highest BCUT2D eigenvalue weighted by Crippen LogP contribution is 2.17. The van der Waals surface area contributed by atoms with Crippen molar-refractivity contribution >= 4 is 0 Å². The van der Waals surface area contributed by atoms with E-state index in [4.69, 9.17) is 5.73 Å². The summed E-state index contributed by atoms with van der Waals surface area (Å²) >= 11 is 0. The van der Waals surface area contributed by atoms with Gasteiger partial charge in [-0.25, -0.2) is 0 Å². The number of benzene rings is 1. The standard InChI is InChI=1S/C16H29N3/c1-5-19(6-2)13-16(11-17)15-9-7-14(8-10-15)12-18(3)4/h7-10,16H,5-6,11-13,17H2,1-4H3. The van der Waals surface area contributed by atoms with Crippen molar-refractivity contribution in [3.8, 4) is 0 Å². The van der Waals surface area contributed by atoms with Crippen molar-refractivity contribution in [1.82, 2.24) is 9.80 Å². The maximum atomic E-state index is 5.95. The molecule has 0 aromatic heterocycles. The summed E-state index contributed by atoms with van der Waals surface area (Å²) in [5, 5.41) is 0. The monoisotopic (exact) mass is 263 g/mol. The van der Waals surface area contributed by atoms with Crippen molar-refractivity contribution in [2.75, 3.05) is 40.3 Å². The number of hydrogen-bond acceptors (Lipinski definition) is 3. The van der Waals surface area contributed by atoms with Crippen molar-refractivity contribution < 1.29 is 0 Å². The predicted molar refractivity (Wildman–Crippen MR) is 83.4 cm³/mol. The van der Waals surface area contributed by atoms with E-state index in [0.717, 1.165) is 26.2 Å². The molecule has 1 aromatic rings. The Morgan fingerprint density at radius 1 is 1.05 bits per heavy atom. The third-order valence-corrected chi connectivity index (χ3v) is 3.61. The molecule has 0 saturated carbocycles. The molecule has 2 N–H and O–H groups in total. The van der Waals surface area contributed by atoms with E-state index < -0.39 is 0 Å². The zero-order chi connectivity index (χ0) is 14.3. The molecule has 108 valence electrons. The van der Waals surface area contributed by atoms with Crippen LogP contribution in [0.15, 0.2) is 24.3 Å². The lowest BCUT2D eigenvalue weighted by Crippen LogP contribution is -2.31. The van der Waals surface area contributed by atoms with Crippen LogP contribution in [-0.2, 0) is 6.54 Å². The molecule has 0 heterocycles. The second-order valence-corrected chi connectivity index (χ2v) is 5.40. The molecule has 0 radical (unpaired) electrons. The van der Waals surface area contributed by atoms with E-state index in [-0.39, 0.29) is 0 Å². The molecule has 19 heavy (non-hydrogen) atoms. The van der Waals surface area contributed by atoms with E-state index >= 15 is 0 Å². The maximum Gasteiger partial charge on any atom is 0.0227 e. The van der Waals surface area contributed by atoms with Crippen LogP contribution in [0.1, 0.15) is 30.9 Å². The lowest BCUT2D eigenvalue weighted by atomic mass is 9.97. The molecule has 0 amide bonds. The minimum Gasteiger partial charge on any atom is -0.330 e. The second kappa shape index (κ2) is 8.31. The zero-order valence-corrected chi connectivity index (χ0v) is 12.9. The molecule has 0 aliphatic rings. The highest BCUT2D eigenvalue weighted by Gasteiger charge is 2.13. The third kappa shape index (κ3) is 5.31. The number of nitrogens with zero attached hydrogens (tertiary/aromatic N) is 2. The molecule has 3 nitrogen and oxygen atoms in total. The van der Waals surface area contributed by atoms with Gasteiger partial charge in [0, 0.05) is 25.6 Å². The Balaban J connectivity index is 2.70. The van der Waals surface area contributed by atoms with E-state index in [9.17, 15) is 0 Å². The van der Waals surface area contributed by atoms with Crippen molar-refractivity contribution in [3.05, 3.63) is 35.4 Å². The first-order chi connectivity index (χ1) is 9.10. The number of likely N-dealkylation sites (N-methyl/N-ethyl adjacent to an activating group) is 1. The van der Waals surface area contributed by atoms with Crippen LogP contribution in [-0.4, -0.2) is 50.1 Å². The van der Waals surface area contributed by atoms with Gasteiger partial charge in [-0.05, 0) is 38.3 Å². The van der Waals surface area contributed by atoms with Gasteiger partial charge >= 0.3 is 0 Å². The maximum absolute atomic E-state index is 5.95. The fraction of sp³-hybridized carbons (Fsp3) is 0.625. The fourth-order valence-electron chi connectivity index (χ4n) is 2.37. The van der Waals surface area contributed by atoms with Crippen LogP contribution >= 0.6 is 0 Å². The molecule has 0 spiro atoms. The van der Waals surface area contributed by atoms with Gasteiger partial charge in [0.15, 0.2) is 0 Å². The molecule has 1 aromatic carbocycles. The first kappa shape index (κ1) is 16.2. The van der Waals surface area contributed by atoms with E-state index in [2.05, 4.69) is 62.0 Å². The van der Waals surface area contributed by atoms with Crippen LogP contribution in [0.5, 0.6) is 0 Å². The average molecular weight is 263 g/mol. The number of nitrogens with two attached hydrogens (primary N) is 1. The number of hydrogen-bond donors (Lipinski definition) is 1. The molecule has 1 unspecified atom stereocenters. The quantitative estimate of drug-likeness (QED) is 0.780. The third-order valence-electron chi connectivity index (χ3n) is 3.61. The Morgan fingerprint density at radius 2 is 1.63 bits per heavy atom. The Kier molecular flexibility index (Phi) is 7.06. The van der Waals surface area contributed by atoms with Gasteiger partial charge in [-0.3, -0.25) is 0 Å². The van der Waals surface area contributed by atoms with Crippen molar-refractivity contribution in [2.24, 2.45) is 5.73 Å². The van der Waals surface area contributed by atoms with Gasteiger partial charge in [-0.15, -0.1) is 0 Å². The average Bonchev–Trinajstić information content (AvgIpc) is 2.41. The Labute approximate surface area is 118 Å². The van der Waals surface area contributed by atoms with Crippen LogP contribution in [0, 0.1) is 0 Å². The first-order valence-corrected chi connectivity index (χ1v) is 7.26. The molecule has 0 saturated heterocycles. The molecule has 1 rings (SSSR count). The lowest BCUT2D eigenvalue weighted by molar-refractivity contribution is 0.284. The van der Waals surface area contributed by atoms with Crippen LogP contribution in [0.3, 0.4) is 0 Å². The van der Waals surface area contributed by atoms with Gasteiger partial charge in [-0.1, -0.05) is 38.1 Å². The van der Waals surface area contributed by atoms with Gasteiger partial charge < -0.3 is 15.5 Å². The van der Waals surface area contributed by atoms with Crippen molar-refractivity contribution in [1.29, 1.82) is 0 Å². The van der Waals surface area contributed by atoms with Gasteiger partial charge in [0.05, 0.1) is 0 Å². The summed E-state index contributed by atoms with van der Waals surface area (Å²) in [6, 6.07) is 8.92. The smallest absolute Gasteiger partial charge is 0.0227 e. The topological polar surface area (TPSA) is 32.5 Å². The first-order valence-electron chi connectivity index (χ1n) is 7.26. The van der Waals surface area contributed by atoms with Crippen LogP contribution in [0.25, 0.3) is 0 Å². The summed E-state index contributed by atoms with van der Waals surface area (Å²) in [6.45, 7) is 9.34.